The van der Waals surface area contributed by atoms with Crippen molar-refractivity contribution in [3.05, 3.63) is 73.3 Å². The van der Waals surface area contributed by atoms with Crippen molar-refractivity contribution < 1.29 is 4.79 Å². The lowest BCUT2D eigenvalue weighted by molar-refractivity contribution is 0.0729. The number of hydrogen-bond acceptors (Lipinski definition) is 4. The molecule has 0 saturated carbocycles. The fourth-order valence-electron chi connectivity index (χ4n) is 2.95. The Hall–Kier alpha value is -3.13. The summed E-state index contributed by atoms with van der Waals surface area (Å²) in [7, 11) is 0. The third kappa shape index (κ3) is 2.95. The van der Waals surface area contributed by atoms with Crippen molar-refractivity contribution in [1.29, 1.82) is 0 Å². The van der Waals surface area contributed by atoms with Gasteiger partial charge in [-0.3, -0.25) is 14.6 Å². The zero-order valence-electron chi connectivity index (χ0n) is 13.5. The van der Waals surface area contributed by atoms with Gasteiger partial charge in [-0.15, -0.1) is 0 Å². The van der Waals surface area contributed by atoms with Crippen molar-refractivity contribution >= 4 is 17.5 Å². The van der Waals surface area contributed by atoms with Crippen molar-refractivity contribution in [3.8, 4) is 11.4 Å². The third-order valence-electron chi connectivity index (χ3n) is 4.29. The highest BCUT2D eigenvalue weighted by Crippen LogP contribution is 2.24. The van der Waals surface area contributed by atoms with Gasteiger partial charge >= 0.3 is 5.69 Å². The minimum absolute atomic E-state index is 0.0921. The van der Waals surface area contributed by atoms with Crippen LogP contribution in [-0.4, -0.2) is 37.3 Å². The molecule has 0 fully saturated rings. The highest BCUT2D eigenvalue weighted by molar-refractivity contribution is 6.30. The molecule has 1 aliphatic rings. The highest BCUT2D eigenvalue weighted by atomic mass is 35.5. The quantitative estimate of drug-likeness (QED) is 0.629. The minimum Gasteiger partial charge on any atom is -0.340 e. The standard InChI is InChI=1S/C17H14ClN5O3/c18-10-3-1-9(2-4-10)14-20-12-5-6-23(8-13(12)21-14)16(25)11-7-19-17(26)22-15(11)24/h1-4,7H,5-6,8H2,(H,20,21)(H2,19,22,24,26). The Balaban J connectivity index is 1.60. The molecule has 1 aliphatic heterocycles. The zero-order chi connectivity index (χ0) is 18.3. The van der Waals surface area contributed by atoms with E-state index in [-0.39, 0.29) is 5.56 Å². The van der Waals surface area contributed by atoms with Crippen LogP contribution in [0, 0.1) is 0 Å². The van der Waals surface area contributed by atoms with Gasteiger partial charge in [0.15, 0.2) is 0 Å². The molecule has 0 atom stereocenters. The molecule has 3 aromatic rings. The number of nitrogens with one attached hydrogen (secondary N) is 3. The molecule has 1 amide bonds. The van der Waals surface area contributed by atoms with E-state index >= 15 is 0 Å². The van der Waals surface area contributed by atoms with E-state index in [1.165, 1.54) is 0 Å². The van der Waals surface area contributed by atoms with Crippen LogP contribution in [0.2, 0.25) is 5.02 Å². The first-order chi connectivity index (χ1) is 12.5. The number of carbonyl (C=O) groups excluding carboxylic acids is 1. The van der Waals surface area contributed by atoms with Crippen molar-refractivity contribution in [2.24, 2.45) is 0 Å². The number of imidazole rings is 1. The third-order valence-corrected chi connectivity index (χ3v) is 4.54. The number of aromatic amines is 3. The normalized spacial score (nSPS) is 13.5. The first kappa shape index (κ1) is 16.3. The summed E-state index contributed by atoms with van der Waals surface area (Å²) in [6.07, 6.45) is 1.72. The number of nitrogens with zero attached hydrogens (tertiary/aromatic N) is 2. The van der Waals surface area contributed by atoms with Crippen molar-refractivity contribution in [1.82, 2.24) is 24.8 Å². The van der Waals surface area contributed by atoms with E-state index in [0.717, 1.165) is 23.1 Å². The minimum atomic E-state index is -0.698. The second kappa shape index (κ2) is 6.30. The second-order valence-electron chi connectivity index (χ2n) is 5.98. The van der Waals surface area contributed by atoms with Crippen LogP contribution < -0.4 is 11.2 Å². The number of hydrogen-bond donors (Lipinski definition) is 3. The molecule has 0 saturated heterocycles. The number of fused-ring (bicyclic) bond motifs is 1. The fourth-order valence-corrected chi connectivity index (χ4v) is 3.08. The SMILES string of the molecule is O=C(c1c[nH]c(=O)[nH]c1=O)N1CCc2nc(-c3ccc(Cl)cc3)[nH]c2C1. The van der Waals surface area contributed by atoms with Gasteiger partial charge in [-0.1, -0.05) is 11.6 Å². The Morgan fingerprint density at radius 3 is 2.65 bits per heavy atom. The molecule has 4 rings (SSSR count). The molecule has 3 heterocycles. The van der Waals surface area contributed by atoms with Crippen molar-refractivity contribution in [2.45, 2.75) is 13.0 Å². The van der Waals surface area contributed by atoms with E-state index in [9.17, 15) is 14.4 Å². The molecule has 132 valence electrons. The summed E-state index contributed by atoms with van der Waals surface area (Å²) in [5.41, 5.74) is 1.19. The largest absolute Gasteiger partial charge is 0.340 e. The topological polar surface area (TPSA) is 115 Å². The average molecular weight is 372 g/mol. The lowest BCUT2D eigenvalue weighted by Gasteiger charge is -2.25. The maximum absolute atomic E-state index is 12.6. The van der Waals surface area contributed by atoms with Gasteiger partial charge in [0.1, 0.15) is 11.4 Å². The van der Waals surface area contributed by atoms with Crippen LogP contribution in [0.3, 0.4) is 0 Å². The molecule has 2 aromatic heterocycles. The molecule has 0 aliphatic carbocycles. The molecule has 26 heavy (non-hydrogen) atoms. The predicted octanol–water partition coefficient (Wildman–Crippen LogP) is 1.31. The van der Waals surface area contributed by atoms with Crippen LogP contribution in [0.25, 0.3) is 11.4 Å². The first-order valence-corrected chi connectivity index (χ1v) is 8.34. The average Bonchev–Trinajstić information content (AvgIpc) is 3.05. The zero-order valence-corrected chi connectivity index (χ0v) is 14.3. The van der Waals surface area contributed by atoms with Crippen LogP contribution in [-0.2, 0) is 13.0 Å². The van der Waals surface area contributed by atoms with Crippen molar-refractivity contribution in [3.63, 3.8) is 0 Å². The van der Waals surface area contributed by atoms with Crippen molar-refractivity contribution in [2.75, 3.05) is 6.54 Å². The van der Waals surface area contributed by atoms with E-state index in [1.807, 2.05) is 12.1 Å². The summed E-state index contributed by atoms with van der Waals surface area (Å²) in [5.74, 6) is 0.277. The van der Waals surface area contributed by atoms with Gasteiger partial charge in [0, 0.05) is 29.7 Å². The van der Waals surface area contributed by atoms with Gasteiger partial charge in [-0.25, -0.2) is 9.78 Å². The second-order valence-corrected chi connectivity index (χ2v) is 6.42. The Bertz CT molecular complexity index is 1100. The highest BCUT2D eigenvalue weighted by Gasteiger charge is 2.26. The lowest BCUT2D eigenvalue weighted by atomic mass is 10.1. The van der Waals surface area contributed by atoms with E-state index in [1.54, 1.807) is 17.0 Å². The maximum atomic E-state index is 12.6. The molecule has 0 spiro atoms. The van der Waals surface area contributed by atoms with E-state index in [0.29, 0.717) is 30.4 Å². The Kier molecular flexibility index (Phi) is 3.96. The fraction of sp³-hybridized carbons (Fsp3) is 0.176. The summed E-state index contributed by atoms with van der Waals surface area (Å²) in [6.45, 7) is 0.753. The van der Waals surface area contributed by atoms with Gasteiger partial charge in [0.25, 0.3) is 11.5 Å². The number of benzene rings is 1. The molecule has 9 heteroatoms. The summed E-state index contributed by atoms with van der Waals surface area (Å²) < 4.78 is 0. The number of halogens is 1. The predicted molar refractivity (Wildman–Crippen MR) is 95.2 cm³/mol. The first-order valence-electron chi connectivity index (χ1n) is 7.96. The molecule has 1 aromatic carbocycles. The number of aromatic nitrogens is 4. The van der Waals surface area contributed by atoms with E-state index < -0.39 is 17.2 Å². The van der Waals surface area contributed by atoms with E-state index in [2.05, 4.69) is 19.9 Å². The molecule has 8 nitrogen and oxygen atoms in total. The lowest BCUT2D eigenvalue weighted by Crippen LogP contribution is -2.39. The summed E-state index contributed by atoms with van der Waals surface area (Å²) in [5, 5.41) is 0.646. The van der Waals surface area contributed by atoms with E-state index in [4.69, 9.17) is 11.6 Å². The molecule has 0 radical (unpaired) electrons. The Morgan fingerprint density at radius 2 is 1.92 bits per heavy atom. The molecule has 0 bridgehead atoms. The summed E-state index contributed by atoms with van der Waals surface area (Å²) in [4.78, 5) is 49.3. The van der Waals surface area contributed by atoms with Crippen LogP contribution in [0.1, 0.15) is 21.7 Å². The van der Waals surface area contributed by atoms with Gasteiger partial charge in [0.05, 0.1) is 17.9 Å². The number of carbonyl (C=O) groups is 1. The van der Waals surface area contributed by atoms with Gasteiger partial charge in [-0.2, -0.15) is 0 Å². The molecule has 0 unspecified atom stereocenters. The summed E-state index contributed by atoms with van der Waals surface area (Å²) >= 11 is 5.91. The molecular weight excluding hydrogens is 358 g/mol. The number of H-pyrrole nitrogens is 3. The van der Waals surface area contributed by atoms with Gasteiger partial charge in [-0.05, 0) is 24.3 Å². The number of amides is 1. The van der Waals surface area contributed by atoms with Crippen LogP contribution in [0.15, 0.2) is 40.1 Å². The van der Waals surface area contributed by atoms with Crippen LogP contribution in [0.5, 0.6) is 0 Å². The smallest absolute Gasteiger partial charge is 0.325 e. The summed E-state index contributed by atoms with van der Waals surface area (Å²) in [6, 6.07) is 7.32. The van der Waals surface area contributed by atoms with Crippen LogP contribution >= 0.6 is 11.6 Å². The monoisotopic (exact) mass is 371 g/mol. The van der Waals surface area contributed by atoms with Gasteiger partial charge in [0.2, 0.25) is 0 Å². The Labute approximate surface area is 151 Å². The maximum Gasteiger partial charge on any atom is 0.325 e. The molecular formula is C17H14ClN5O3. The molecule has 3 N–H and O–H groups in total. The number of rotatable bonds is 2. The van der Waals surface area contributed by atoms with Crippen LogP contribution in [0.4, 0.5) is 0 Å². The van der Waals surface area contributed by atoms with Gasteiger partial charge < -0.3 is 14.9 Å². The Morgan fingerprint density at radius 1 is 1.15 bits per heavy atom.